The number of hydrogen-bond acceptors (Lipinski definition) is 4. The van der Waals surface area contributed by atoms with Crippen molar-refractivity contribution < 1.29 is 14.0 Å². The van der Waals surface area contributed by atoms with Crippen LogP contribution >= 0.6 is 0 Å². The molecule has 0 bridgehead atoms. The number of carbonyl (C=O) groups is 1. The number of rotatable bonds is 2. The molecule has 1 N–H and O–H groups in total. The molecule has 27 heavy (non-hydrogen) atoms. The van der Waals surface area contributed by atoms with Crippen molar-refractivity contribution in [3.63, 3.8) is 0 Å². The lowest BCUT2D eigenvalue weighted by Crippen LogP contribution is -2.42. The summed E-state index contributed by atoms with van der Waals surface area (Å²) in [6.45, 7) is 9.27. The lowest BCUT2D eigenvalue weighted by Gasteiger charge is -2.29. The number of nitrogens with zero attached hydrogens (tertiary/aromatic N) is 2. The second-order valence-corrected chi connectivity index (χ2v) is 7.59. The van der Waals surface area contributed by atoms with Crippen molar-refractivity contribution in [2.24, 2.45) is 0 Å². The van der Waals surface area contributed by atoms with Crippen LogP contribution in [0.4, 0.5) is 4.39 Å². The summed E-state index contributed by atoms with van der Waals surface area (Å²) in [5.74, 6) is -1.42. The Kier molecular flexibility index (Phi) is 4.55. The predicted octanol–water partition coefficient (Wildman–Crippen LogP) is 2.36. The molecule has 144 valence electrons. The van der Waals surface area contributed by atoms with Crippen molar-refractivity contribution in [1.29, 1.82) is 0 Å². The Morgan fingerprint density at radius 1 is 1.22 bits per heavy atom. The van der Waals surface area contributed by atoms with Gasteiger partial charge in [-0.3, -0.25) is 19.1 Å². The quantitative estimate of drug-likeness (QED) is 0.873. The molecule has 1 saturated heterocycles. The summed E-state index contributed by atoms with van der Waals surface area (Å²) in [7, 11) is 0. The van der Waals surface area contributed by atoms with E-state index in [2.05, 4.69) is 0 Å². The van der Waals surface area contributed by atoms with Gasteiger partial charge in [-0.05, 0) is 45.7 Å². The summed E-state index contributed by atoms with van der Waals surface area (Å²) in [5, 5.41) is 1.23. The second kappa shape index (κ2) is 6.45. The number of aryl methyl sites for hydroxylation is 3. The zero-order valence-electron chi connectivity index (χ0n) is 15.9. The SMILES string of the molecule is Cc1cc(C)c(C(=O)N2OC(n3cc(F)c(=O)[nH]c3=O)CC2(C)C)c(C)c1. The molecule has 1 aromatic carbocycles. The Hall–Kier alpha value is -2.74. The number of carbonyl (C=O) groups excluding carboxylic acids is 1. The Labute approximate surface area is 155 Å². The molecule has 0 saturated carbocycles. The van der Waals surface area contributed by atoms with Crippen molar-refractivity contribution >= 4 is 5.91 Å². The first kappa shape index (κ1) is 19.0. The minimum Gasteiger partial charge on any atom is -0.271 e. The fourth-order valence-corrected chi connectivity index (χ4v) is 3.58. The van der Waals surface area contributed by atoms with E-state index in [1.165, 1.54) is 5.06 Å². The fraction of sp³-hybridized carbons (Fsp3) is 0.421. The number of amides is 1. The van der Waals surface area contributed by atoms with Crippen molar-refractivity contribution in [1.82, 2.24) is 14.6 Å². The van der Waals surface area contributed by atoms with E-state index in [0.717, 1.165) is 27.5 Å². The number of aromatic amines is 1. The molecule has 3 rings (SSSR count). The van der Waals surface area contributed by atoms with Gasteiger partial charge in [0.1, 0.15) is 0 Å². The maximum Gasteiger partial charge on any atom is 0.330 e. The molecule has 2 aromatic rings. The van der Waals surface area contributed by atoms with E-state index in [1.54, 1.807) is 13.8 Å². The van der Waals surface area contributed by atoms with E-state index < -0.39 is 28.8 Å². The minimum atomic E-state index is -1.09. The topological polar surface area (TPSA) is 84.4 Å². The Balaban J connectivity index is 1.99. The molecular formula is C19H22FN3O4. The Morgan fingerprint density at radius 3 is 2.41 bits per heavy atom. The molecule has 1 fully saturated rings. The summed E-state index contributed by atoms with van der Waals surface area (Å²) in [6, 6.07) is 3.84. The molecular weight excluding hydrogens is 353 g/mol. The molecule has 0 spiro atoms. The van der Waals surface area contributed by atoms with Gasteiger partial charge in [0.05, 0.1) is 11.7 Å². The first-order valence-electron chi connectivity index (χ1n) is 8.61. The number of H-pyrrole nitrogens is 1. The van der Waals surface area contributed by atoms with Gasteiger partial charge in [0.25, 0.3) is 11.5 Å². The molecule has 8 heteroatoms. The van der Waals surface area contributed by atoms with Crippen LogP contribution in [0.25, 0.3) is 0 Å². The highest BCUT2D eigenvalue weighted by molar-refractivity contribution is 5.97. The maximum atomic E-state index is 13.6. The third-order valence-corrected chi connectivity index (χ3v) is 4.76. The molecule has 1 aliphatic heterocycles. The van der Waals surface area contributed by atoms with Gasteiger partial charge in [-0.25, -0.2) is 14.7 Å². The highest BCUT2D eigenvalue weighted by atomic mass is 19.1. The van der Waals surface area contributed by atoms with Crippen LogP contribution in [0, 0.1) is 26.6 Å². The molecule has 7 nitrogen and oxygen atoms in total. The van der Waals surface area contributed by atoms with E-state index in [9.17, 15) is 18.8 Å². The first-order chi connectivity index (χ1) is 12.5. The molecule has 2 heterocycles. The summed E-state index contributed by atoms with van der Waals surface area (Å²) in [5.41, 5.74) is 0.620. The van der Waals surface area contributed by atoms with Crippen molar-refractivity contribution in [3.05, 3.63) is 67.2 Å². The number of nitrogens with one attached hydrogen (secondary N) is 1. The zero-order chi connectivity index (χ0) is 20.1. The second-order valence-electron chi connectivity index (χ2n) is 7.59. The van der Waals surface area contributed by atoms with Gasteiger partial charge < -0.3 is 0 Å². The molecule has 1 aliphatic rings. The van der Waals surface area contributed by atoms with Gasteiger partial charge in [-0.15, -0.1) is 0 Å². The van der Waals surface area contributed by atoms with Crippen LogP contribution in [-0.2, 0) is 4.84 Å². The van der Waals surface area contributed by atoms with Crippen LogP contribution in [0.3, 0.4) is 0 Å². The molecule has 0 aliphatic carbocycles. The van der Waals surface area contributed by atoms with Crippen LogP contribution in [0.2, 0.25) is 0 Å². The number of halogens is 1. The highest BCUT2D eigenvalue weighted by Crippen LogP contribution is 2.38. The molecule has 1 aromatic heterocycles. The van der Waals surface area contributed by atoms with Gasteiger partial charge in [-0.2, -0.15) is 4.39 Å². The molecule has 1 atom stereocenters. The van der Waals surface area contributed by atoms with Gasteiger partial charge in [0.2, 0.25) is 5.82 Å². The molecule has 0 radical (unpaired) electrons. The van der Waals surface area contributed by atoms with Crippen LogP contribution in [0.1, 0.15) is 53.5 Å². The van der Waals surface area contributed by atoms with Crippen molar-refractivity contribution in [2.75, 3.05) is 0 Å². The lowest BCUT2D eigenvalue weighted by atomic mass is 9.96. The minimum absolute atomic E-state index is 0.258. The van der Waals surface area contributed by atoms with E-state index >= 15 is 0 Å². The number of aromatic nitrogens is 2. The van der Waals surface area contributed by atoms with E-state index in [0.29, 0.717) is 5.56 Å². The average Bonchev–Trinajstić information content (AvgIpc) is 2.85. The number of benzene rings is 1. The number of hydrogen-bond donors (Lipinski definition) is 1. The van der Waals surface area contributed by atoms with Gasteiger partial charge in [-0.1, -0.05) is 17.7 Å². The lowest BCUT2D eigenvalue weighted by molar-refractivity contribution is -0.163. The van der Waals surface area contributed by atoms with Crippen LogP contribution in [0.5, 0.6) is 0 Å². The van der Waals surface area contributed by atoms with Gasteiger partial charge in [0.15, 0.2) is 6.23 Å². The summed E-state index contributed by atoms with van der Waals surface area (Å²) in [6.07, 6.45) is 0.153. The van der Waals surface area contributed by atoms with Crippen LogP contribution < -0.4 is 11.2 Å². The van der Waals surface area contributed by atoms with E-state index in [-0.39, 0.29) is 12.3 Å². The molecule has 1 unspecified atom stereocenters. The average molecular weight is 375 g/mol. The largest absolute Gasteiger partial charge is 0.330 e. The maximum absolute atomic E-state index is 13.6. The summed E-state index contributed by atoms with van der Waals surface area (Å²) in [4.78, 5) is 44.1. The van der Waals surface area contributed by atoms with Crippen LogP contribution in [-0.4, -0.2) is 26.1 Å². The van der Waals surface area contributed by atoms with Crippen LogP contribution in [0.15, 0.2) is 27.9 Å². The van der Waals surface area contributed by atoms with Gasteiger partial charge >= 0.3 is 5.69 Å². The monoisotopic (exact) mass is 375 g/mol. The normalized spacial score (nSPS) is 18.7. The standard InChI is InChI=1S/C19H22FN3O4/c1-10-6-11(2)15(12(3)7-10)17(25)23-19(4,5)8-14(27-23)22-9-13(20)16(24)21-18(22)26/h6-7,9,14H,8H2,1-5H3,(H,21,24,26). The fourth-order valence-electron chi connectivity index (χ4n) is 3.58. The highest BCUT2D eigenvalue weighted by Gasteiger charge is 2.45. The van der Waals surface area contributed by atoms with Crippen molar-refractivity contribution in [3.8, 4) is 0 Å². The third kappa shape index (κ3) is 3.32. The smallest absolute Gasteiger partial charge is 0.271 e. The van der Waals surface area contributed by atoms with E-state index in [1.807, 2.05) is 37.9 Å². The zero-order valence-corrected chi connectivity index (χ0v) is 15.9. The predicted molar refractivity (Wildman–Crippen MR) is 96.9 cm³/mol. The number of hydroxylamine groups is 2. The third-order valence-electron chi connectivity index (χ3n) is 4.76. The van der Waals surface area contributed by atoms with E-state index in [4.69, 9.17) is 4.84 Å². The summed E-state index contributed by atoms with van der Waals surface area (Å²) < 4.78 is 14.6. The van der Waals surface area contributed by atoms with Crippen molar-refractivity contribution in [2.45, 2.75) is 52.8 Å². The van der Waals surface area contributed by atoms with Gasteiger partial charge in [0, 0.05) is 12.0 Å². The summed E-state index contributed by atoms with van der Waals surface area (Å²) >= 11 is 0. The first-order valence-corrected chi connectivity index (χ1v) is 8.61. The Morgan fingerprint density at radius 2 is 1.81 bits per heavy atom. The Bertz CT molecular complexity index is 1010. The molecule has 1 amide bonds.